The highest BCUT2D eigenvalue weighted by Gasteiger charge is 2.43. The van der Waals surface area contributed by atoms with Crippen LogP contribution < -0.4 is 11.2 Å². The zero-order chi connectivity index (χ0) is 24.3. The maximum atomic E-state index is 12.1. The van der Waals surface area contributed by atoms with Crippen molar-refractivity contribution in [3.05, 3.63) is 32.6 Å². The minimum atomic E-state index is -5.70. The van der Waals surface area contributed by atoms with Gasteiger partial charge in [0.1, 0.15) is 17.9 Å². The number of nitrogens with one attached hydrogen (secondary N) is 1. The van der Waals surface area contributed by atoms with E-state index in [2.05, 4.69) is 37.6 Å². The van der Waals surface area contributed by atoms with E-state index in [0.29, 0.717) is 0 Å². The highest BCUT2D eigenvalue weighted by atomic mass is 32.1. The summed E-state index contributed by atoms with van der Waals surface area (Å²) in [5.74, 6) is 5.14. The molecule has 1 fully saturated rings. The van der Waals surface area contributed by atoms with Crippen molar-refractivity contribution in [2.24, 2.45) is 0 Å². The van der Waals surface area contributed by atoms with Crippen LogP contribution in [0.2, 0.25) is 0 Å². The Morgan fingerprint density at radius 1 is 1.19 bits per heavy atom. The number of ether oxygens (including phenoxy) is 1. The fraction of sp³-hybridized carbons (Fsp3) is 0.500. The number of H-pyrrole nitrogens is 1. The van der Waals surface area contributed by atoms with Gasteiger partial charge in [-0.1, -0.05) is 11.8 Å². The Kier molecular flexibility index (Phi) is 8.88. The quantitative estimate of drug-likeness (QED) is 0.117. The lowest BCUT2D eigenvalue weighted by Gasteiger charge is -2.19. The number of hydrogen-bond donors (Lipinski definition) is 7. The zero-order valence-corrected chi connectivity index (χ0v) is 19.2. The second-order valence-corrected chi connectivity index (χ2v) is 10.7. The number of aliphatic hydroxyl groups is 1. The Morgan fingerprint density at radius 2 is 1.84 bits per heavy atom. The van der Waals surface area contributed by atoms with Gasteiger partial charge in [0, 0.05) is 12.6 Å². The van der Waals surface area contributed by atoms with Gasteiger partial charge in [0.2, 0.25) is 0 Å². The molecule has 16 nitrogen and oxygen atoms in total. The molecule has 2 unspecified atom stereocenters. The van der Waals surface area contributed by atoms with Gasteiger partial charge >= 0.3 is 29.2 Å². The summed E-state index contributed by atoms with van der Waals surface area (Å²) in [5, 5.41) is 10.1. The molecule has 2 heterocycles. The molecule has 1 saturated heterocycles. The van der Waals surface area contributed by atoms with Crippen LogP contribution in [0, 0.1) is 11.8 Å². The maximum absolute atomic E-state index is 12.1. The Morgan fingerprint density at radius 3 is 2.44 bits per heavy atom. The Hall–Kier alpha value is -1.08. The van der Waals surface area contributed by atoms with Crippen LogP contribution in [-0.4, -0.2) is 58.8 Å². The molecule has 5 atom stereocenters. The van der Waals surface area contributed by atoms with Crippen molar-refractivity contribution in [1.29, 1.82) is 0 Å². The third kappa shape index (κ3) is 8.05. The number of hydrogen-bond acceptors (Lipinski definition) is 11. The highest BCUT2D eigenvalue weighted by molar-refractivity contribution is 7.80. The number of aliphatic hydroxyl groups excluding tert-OH is 1. The maximum Gasteiger partial charge on any atom is 0.490 e. The molecular weight excluding hydrogens is 521 g/mol. The summed E-state index contributed by atoms with van der Waals surface area (Å²) in [6.45, 7) is -0.911. The molecule has 0 aliphatic carbocycles. The highest BCUT2D eigenvalue weighted by Crippen LogP contribution is 2.66. The van der Waals surface area contributed by atoms with Crippen molar-refractivity contribution in [3.8, 4) is 11.8 Å². The number of phosphoric ester groups is 1. The number of phosphoric acid groups is 3. The van der Waals surface area contributed by atoms with E-state index in [1.807, 2.05) is 4.98 Å². The molecule has 20 heteroatoms. The first-order chi connectivity index (χ1) is 14.6. The topological polar surface area (TPSA) is 244 Å². The molecule has 6 N–H and O–H groups in total. The molecule has 2 rings (SSSR count). The normalized spacial score (nSPS) is 24.9. The molecule has 180 valence electrons. The molecular formula is C12H17N2O14P3S. The van der Waals surface area contributed by atoms with Gasteiger partial charge in [-0.15, -0.1) is 0 Å². The summed E-state index contributed by atoms with van der Waals surface area (Å²) < 4.78 is 51.5. The SMILES string of the molecule is O=c1[nH]c(=O)n([C@H]2C[C@H](O)[C@@H](COP(=O)(O)OP(=O)(O)OP(=O)(O)O)O2)cc1C#CCS. The van der Waals surface area contributed by atoms with Crippen molar-refractivity contribution < 1.29 is 56.3 Å². The Balaban J connectivity index is 2.09. The Labute approximate surface area is 184 Å². The summed E-state index contributed by atoms with van der Waals surface area (Å²) in [5.41, 5.74) is -1.74. The molecule has 1 aromatic rings. The van der Waals surface area contributed by atoms with Crippen molar-refractivity contribution in [3.63, 3.8) is 0 Å². The number of aromatic amines is 1. The first kappa shape index (κ1) is 27.2. The molecule has 0 radical (unpaired) electrons. The number of thiol groups is 1. The molecule has 32 heavy (non-hydrogen) atoms. The smallest absolute Gasteiger partial charge is 0.390 e. The molecule has 0 bridgehead atoms. The van der Waals surface area contributed by atoms with Gasteiger partial charge in [0.15, 0.2) is 0 Å². The summed E-state index contributed by atoms with van der Waals surface area (Å²) in [4.78, 5) is 61.4. The fourth-order valence-corrected chi connectivity index (χ4v) is 5.54. The average Bonchev–Trinajstić information content (AvgIpc) is 2.97. The number of nitrogens with zero attached hydrogens (tertiary/aromatic N) is 1. The van der Waals surface area contributed by atoms with E-state index in [4.69, 9.17) is 19.4 Å². The molecule has 0 aromatic carbocycles. The van der Waals surface area contributed by atoms with Crippen LogP contribution in [0.5, 0.6) is 0 Å². The molecule has 1 aliphatic rings. The van der Waals surface area contributed by atoms with Crippen molar-refractivity contribution in [2.45, 2.75) is 24.9 Å². The number of aromatic nitrogens is 2. The van der Waals surface area contributed by atoms with Crippen LogP contribution in [0.15, 0.2) is 15.8 Å². The third-order valence-corrected chi connectivity index (χ3v) is 7.56. The van der Waals surface area contributed by atoms with Crippen LogP contribution in [0.1, 0.15) is 18.2 Å². The predicted octanol–water partition coefficient (Wildman–Crippen LogP) is -1.19. The lowest BCUT2D eigenvalue weighted by Crippen LogP contribution is -2.33. The number of rotatable bonds is 8. The lowest BCUT2D eigenvalue weighted by atomic mass is 10.2. The zero-order valence-electron chi connectivity index (χ0n) is 15.6. The minimum absolute atomic E-state index is 0.0894. The van der Waals surface area contributed by atoms with Gasteiger partial charge in [-0.2, -0.15) is 21.3 Å². The second kappa shape index (κ2) is 10.5. The van der Waals surface area contributed by atoms with Gasteiger partial charge < -0.3 is 29.4 Å². The molecule has 1 aromatic heterocycles. The van der Waals surface area contributed by atoms with Gasteiger partial charge in [0.25, 0.3) is 5.56 Å². The lowest BCUT2D eigenvalue weighted by molar-refractivity contribution is -0.0450. The van der Waals surface area contributed by atoms with Crippen LogP contribution in [0.3, 0.4) is 0 Å². The van der Waals surface area contributed by atoms with Crippen LogP contribution in [0.4, 0.5) is 0 Å². The van der Waals surface area contributed by atoms with E-state index in [-0.39, 0.29) is 17.7 Å². The molecule has 1 aliphatic heterocycles. The second-order valence-electron chi connectivity index (χ2n) is 5.99. The fourth-order valence-electron chi connectivity index (χ4n) is 2.43. The molecule has 0 spiro atoms. The van der Waals surface area contributed by atoms with Gasteiger partial charge in [-0.25, -0.2) is 18.5 Å². The predicted molar refractivity (Wildman–Crippen MR) is 106 cm³/mol. The Bertz CT molecular complexity index is 1160. The summed E-state index contributed by atoms with van der Waals surface area (Å²) >= 11 is 3.88. The minimum Gasteiger partial charge on any atom is -0.390 e. The third-order valence-electron chi connectivity index (χ3n) is 3.60. The first-order valence-electron chi connectivity index (χ1n) is 8.19. The van der Waals surface area contributed by atoms with E-state index < -0.39 is 59.8 Å². The van der Waals surface area contributed by atoms with Crippen LogP contribution in [-0.2, 0) is 31.6 Å². The van der Waals surface area contributed by atoms with Crippen molar-refractivity contribution in [2.75, 3.05) is 12.4 Å². The van der Waals surface area contributed by atoms with Crippen molar-refractivity contribution in [1.82, 2.24) is 9.55 Å². The summed E-state index contributed by atoms with van der Waals surface area (Å²) in [6, 6.07) is 0. The van der Waals surface area contributed by atoms with Crippen molar-refractivity contribution >= 4 is 36.1 Å². The van der Waals surface area contributed by atoms with Crippen LogP contribution >= 0.6 is 36.1 Å². The van der Waals surface area contributed by atoms with E-state index in [0.717, 1.165) is 10.8 Å². The van der Waals surface area contributed by atoms with Gasteiger partial charge in [-0.3, -0.25) is 18.9 Å². The summed E-state index contributed by atoms with van der Waals surface area (Å²) in [6.07, 6.45) is -3.01. The van der Waals surface area contributed by atoms with E-state index in [1.54, 1.807) is 0 Å². The van der Waals surface area contributed by atoms with Gasteiger partial charge in [-0.05, 0) is 0 Å². The van der Waals surface area contributed by atoms with Crippen LogP contribution in [0.25, 0.3) is 0 Å². The monoisotopic (exact) mass is 538 g/mol. The van der Waals surface area contributed by atoms with E-state index in [9.17, 15) is 33.3 Å². The van der Waals surface area contributed by atoms with Gasteiger partial charge in [0.05, 0.1) is 18.5 Å². The molecule has 0 amide bonds. The van der Waals surface area contributed by atoms with E-state index >= 15 is 0 Å². The van der Waals surface area contributed by atoms with E-state index in [1.165, 1.54) is 0 Å². The standard InChI is InChI=1S/C12H17N2O14P3S/c15-8-4-10(14-5-7(2-1-3-32)11(16)13-12(14)17)26-9(8)6-25-30(21,22)28-31(23,24)27-29(18,19)20/h5,8-10,15,32H,3-4,6H2,(H,21,22)(H,23,24)(H,13,16,17)(H2,18,19,20)/t8-,9+,10+/m0/s1. The molecule has 0 saturated carbocycles. The largest absolute Gasteiger partial charge is 0.490 e. The summed E-state index contributed by atoms with van der Waals surface area (Å²) in [7, 11) is -16.7. The first-order valence-corrected chi connectivity index (χ1v) is 13.3. The average molecular weight is 538 g/mol.